The Kier molecular flexibility index (Phi) is 11.1. The Morgan fingerprint density at radius 2 is 0.875 bits per heavy atom. The lowest BCUT2D eigenvalue weighted by atomic mass is 9.99. The molecule has 0 saturated carbocycles. The summed E-state index contributed by atoms with van der Waals surface area (Å²) in [5.41, 5.74) is 7.22. The molecule has 210 valence electrons. The molecule has 4 heteroatoms. The van der Waals surface area contributed by atoms with Crippen molar-refractivity contribution in [2.24, 2.45) is 0 Å². The Balaban J connectivity index is 1.67. The van der Waals surface area contributed by atoms with Gasteiger partial charge in [-0.2, -0.15) is 0 Å². The second kappa shape index (κ2) is 14.7. The Hall–Kier alpha value is -2.82. The molecule has 2 nitrogen and oxygen atoms in total. The van der Waals surface area contributed by atoms with Gasteiger partial charge in [0.1, 0.15) is 11.5 Å². The monoisotopic (exact) mass is 570 g/mol. The van der Waals surface area contributed by atoms with E-state index >= 15 is 0 Å². The zero-order valence-corrected chi connectivity index (χ0v) is 26.2. The van der Waals surface area contributed by atoms with Gasteiger partial charge in [-0.1, -0.05) is 132 Å². The van der Waals surface area contributed by atoms with Gasteiger partial charge < -0.3 is 9.47 Å². The summed E-state index contributed by atoms with van der Waals surface area (Å²) in [6, 6.07) is 34.4. The highest BCUT2D eigenvalue weighted by Crippen LogP contribution is 2.53. The van der Waals surface area contributed by atoms with Gasteiger partial charge in [0.25, 0.3) is 0 Å². The predicted molar refractivity (Wildman–Crippen MR) is 177 cm³/mol. The van der Waals surface area contributed by atoms with E-state index in [0.717, 1.165) is 35.5 Å². The third-order valence-electron chi connectivity index (χ3n) is 6.69. The van der Waals surface area contributed by atoms with Crippen molar-refractivity contribution in [2.75, 3.05) is 0 Å². The SMILES string of the molecule is CC[C@@H](SS[C@H](CC)c1cccc(-c2ccccc2)c1OC(C)C)c1cccc(-c2ccccc2)c1OC(C)C. The quantitative estimate of drug-likeness (QED) is 0.149. The molecule has 2 atom stereocenters. The standard InChI is InChI=1S/C36H42O2S2/c1-7-33(31-23-15-21-29(35(31)37-25(3)4)27-17-11-9-12-18-27)39-40-34(8-2)32-24-16-22-30(36(32)38-26(5)6)28-19-13-10-14-20-28/h9-26,33-34H,7-8H2,1-6H3/t33-,34-/m1/s1. The summed E-state index contributed by atoms with van der Waals surface area (Å²) in [4.78, 5) is 0. The van der Waals surface area contributed by atoms with Crippen LogP contribution < -0.4 is 9.47 Å². The zero-order chi connectivity index (χ0) is 28.5. The molecule has 0 heterocycles. The fraction of sp³-hybridized carbons (Fsp3) is 0.333. The largest absolute Gasteiger partial charge is 0.490 e. The minimum atomic E-state index is 0.0960. The highest BCUT2D eigenvalue weighted by Gasteiger charge is 2.25. The molecule has 0 aromatic heterocycles. The van der Waals surface area contributed by atoms with Gasteiger partial charge in [0.05, 0.1) is 12.2 Å². The normalized spacial score (nSPS) is 12.9. The minimum absolute atomic E-state index is 0.0960. The molecule has 0 amide bonds. The summed E-state index contributed by atoms with van der Waals surface area (Å²) in [5.74, 6) is 2.01. The summed E-state index contributed by atoms with van der Waals surface area (Å²) in [5, 5.41) is 0.589. The van der Waals surface area contributed by atoms with Crippen LogP contribution in [0.3, 0.4) is 0 Å². The molecule has 0 saturated heterocycles. The van der Waals surface area contributed by atoms with E-state index in [0.29, 0.717) is 10.5 Å². The van der Waals surface area contributed by atoms with Gasteiger partial charge in [-0.15, -0.1) is 0 Å². The third kappa shape index (κ3) is 7.47. The number of benzene rings is 4. The first kappa shape index (κ1) is 30.1. The van der Waals surface area contributed by atoms with Crippen LogP contribution in [0.4, 0.5) is 0 Å². The van der Waals surface area contributed by atoms with Crippen molar-refractivity contribution in [2.45, 2.75) is 77.1 Å². The maximum Gasteiger partial charge on any atom is 0.131 e. The Morgan fingerprint density at radius 1 is 0.500 bits per heavy atom. The summed E-state index contributed by atoms with van der Waals surface area (Å²) < 4.78 is 13.0. The zero-order valence-electron chi connectivity index (χ0n) is 24.6. The van der Waals surface area contributed by atoms with Crippen LogP contribution in [0.15, 0.2) is 97.1 Å². The predicted octanol–water partition coefficient (Wildman–Crippen LogP) is 11.6. The third-order valence-corrected chi connectivity index (χ3v) is 10.2. The maximum absolute atomic E-state index is 6.52. The molecule has 0 unspecified atom stereocenters. The van der Waals surface area contributed by atoms with Gasteiger partial charge in [0, 0.05) is 32.8 Å². The van der Waals surface area contributed by atoms with Gasteiger partial charge in [-0.25, -0.2) is 0 Å². The first-order valence-electron chi connectivity index (χ1n) is 14.4. The van der Waals surface area contributed by atoms with Crippen LogP contribution in [0, 0.1) is 0 Å². The number of hydrogen-bond donors (Lipinski definition) is 0. The second-order valence-electron chi connectivity index (χ2n) is 10.5. The second-order valence-corrected chi connectivity index (χ2v) is 13.2. The molecular formula is C36H42O2S2. The van der Waals surface area contributed by atoms with Crippen LogP contribution in [-0.4, -0.2) is 12.2 Å². The molecule has 0 aliphatic rings. The summed E-state index contributed by atoms with van der Waals surface area (Å²) >= 11 is 0. The van der Waals surface area contributed by atoms with E-state index in [9.17, 15) is 0 Å². The number of ether oxygens (including phenoxy) is 2. The molecule has 0 N–H and O–H groups in total. The topological polar surface area (TPSA) is 18.5 Å². The highest BCUT2D eigenvalue weighted by molar-refractivity contribution is 8.76. The van der Waals surface area contributed by atoms with Crippen molar-refractivity contribution in [3.63, 3.8) is 0 Å². The van der Waals surface area contributed by atoms with E-state index in [-0.39, 0.29) is 12.2 Å². The summed E-state index contributed by atoms with van der Waals surface area (Å²) in [6.07, 6.45) is 2.22. The molecule has 0 aliphatic heterocycles. The van der Waals surface area contributed by atoms with Gasteiger partial charge in [-0.3, -0.25) is 0 Å². The van der Waals surface area contributed by atoms with Crippen LogP contribution >= 0.6 is 21.6 Å². The lowest BCUT2D eigenvalue weighted by Crippen LogP contribution is -2.10. The Morgan fingerprint density at radius 3 is 1.20 bits per heavy atom. The Bertz CT molecular complexity index is 1230. The molecule has 4 aromatic carbocycles. The average molecular weight is 571 g/mol. The fourth-order valence-corrected chi connectivity index (χ4v) is 8.22. The van der Waals surface area contributed by atoms with Gasteiger partial charge in [-0.05, 0) is 51.7 Å². The van der Waals surface area contributed by atoms with Crippen molar-refractivity contribution >= 4 is 21.6 Å². The summed E-state index contributed by atoms with van der Waals surface area (Å²) in [6.45, 7) is 13.0. The van der Waals surface area contributed by atoms with E-state index in [2.05, 4.69) is 139 Å². The fourth-order valence-electron chi connectivity index (χ4n) is 4.86. The van der Waals surface area contributed by atoms with Crippen LogP contribution in [-0.2, 0) is 0 Å². The minimum Gasteiger partial charge on any atom is -0.490 e. The van der Waals surface area contributed by atoms with Gasteiger partial charge >= 0.3 is 0 Å². The van der Waals surface area contributed by atoms with Crippen LogP contribution in [0.1, 0.15) is 76.0 Å². The lowest BCUT2D eigenvalue weighted by Gasteiger charge is -2.26. The molecule has 4 rings (SSSR count). The highest BCUT2D eigenvalue weighted by atomic mass is 33.1. The van der Waals surface area contributed by atoms with Crippen molar-refractivity contribution in [3.05, 3.63) is 108 Å². The van der Waals surface area contributed by atoms with Crippen molar-refractivity contribution in [3.8, 4) is 33.8 Å². The van der Waals surface area contributed by atoms with Crippen molar-refractivity contribution < 1.29 is 9.47 Å². The van der Waals surface area contributed by atoms with Crippen LogP contribution in [0.5, 0.6) is 11.5 Å². The molecule has 0 bridgehead atoms. The number of hydrogen-bond acceptors (Lipinski definition) is 4. The first-order chi connectivity index (χ1) is 19.4. The average Bonchev–Trinajstić information content (AvgIpc) is 2.96. The molecule has 0 radical (unpaired) electrons. The van der Waals surface area contributed by atoms with E-state index in [4.69, 9.17) is 9.47 Å². The molecule has 0 spiro atoms. The van der Waals surface area contributed by atoms with E-state index in [1.165, 1.54) is 22.3 Å². The van der Waals surface area contributed by atoms with E-state index in [1.54, 1.807) is 0 Å². The molecular weight excluding hydrogens is 529 g/mol. The van der Waals surface area contributed by atoms with E-state index in [1.807, 2.05) is 21.6 Å². The lowest BCUT2D eigenvalue weighted by molar-refractivity contribution is 0.240. The number of rotatable bonds is 13. The van der Waals surface area contributed by atoms with Crippen molar-refractivity contribution in [1.82, 2.24) is 0 Å². The van der Waals surface area contributed by atoms with Crippen LogP contribution in [0.25, 0.3) is 22.3 Å². The molecule has 0 aliphatic carbocycles. The van der Waals surface area contributed by atoms with Gasteiger partial charge in [0.2, 0.25) is 0 Å². The van der Waals surface area contributed by atoms with Crippen molar-refractivity contribution in [1.29, 1.82) is 0 Å². The maximum atomic E-state index is 6.52. The number of para-hydroxylation sites is 2. The molecule has 0 fully saturated rings. The van der Waals surface area contributed by atoms with Gasteiger partial charge in [0.15, 0.2) is 0 Å². The molecule has 40 heavy (non-hydrogen) atoms. The van der Waals surface area contributed by atoms with E-state index < -0.39 is 0 Å². The van der Waals surface area contributed by atoms with Crippen LogP contribution in [0.2, 0.25) is 0 Å². The molecule has 4 aromatic rings. The first-order valence-corrected chi connectivity index (χ1v) is 16.7. The smallest absolute Gasteiger partial charge is 0.131 e. The summed E-state index contributed by atoms with van der Waals surface area (Å²) in [7, 11) is 3.92. The Labute approximate surface area is 249 Å².